The van der Waals surface area contributed by atoms with E-state index in [2.05, 4.69) is 21.5 Å². The third kappa shape index (κ3) is 3.90. The summed E-state index contributed by atoms with van der Waals surface area (Å²) in [5.74, 6) is 5.04. The van der Waals surface area contributed by atoms with E-state index in [0.717, 1.165) is 5.56 Å². The molecule has 0 spiro atoms. The number of nitrogens with two attached hydrogens (primary N) is 1. The Morgan fingerprint density at radius 2 is 2.09 bits per heavy atom. The smallest absolute Gasteiger partial charge is 0.249 e. The van der Waals surface area contributed by atoms with Crippen LogP contribution in [0.5, 0.6) is 0 Å². The van der Waals surface area contributed by atoms with Crippen LogP contribution in [0.25, 0.3) is 11.1 Å². The van der Waals surface area contributed by atoms with Crippen molar-refractivity contribution >= 4 is 11.8 Å². The monoisotopic (exact) mass is 328 g/mol. The summed E-state index contributed by atoms with van der Waals surface area (Å²) in [4.78, 5) is 14.7. The van der Waals surface area contributed by atoms with Gasteiger partial charge < -0.3 is 10.8 Å². The number of aromatic nitrogens is 1. The number of hydrogen-bond donors (Lipinski definition) is 2. The van der Waals surface area contributed by atoms with Crippen molar-refractivity contribution < 1.29 is 0 Å². The van der Waals surface area contributed by atoms with Gasteiger partial charge in [0.25, 0.3) is 0 Å². The molecule has 7 nitrogen and oxygen atoms in total. The van der Waals surface area contributed by atoms with Crippen LogP contribution in [-0.2, 0) is 0 Å². The fourth-order valence-electron chi connectivity index (χ4n) is 1.98. The number of rotatable bonds is 5. The van der Waals surface area contributed by atoms with E-state index in [1.165, 1.54) is 17.8 Å². The van der Waals surface area contributed by atoms with Crippen molar-refractivity contribution in [3.05, 3.63) is 52.3 Å². The number of nitrogens with zero attached hydrogens (tertiary/aromatic N) is 4. The van der Waals surface area contributed by atoms with Crippen LogP contribution in [0.1, 0.15) is 12.5 Å². The highest BCUT2D eigenvalue weighted by atomic mass is 32.2. The first-order valence-corrected chi connectivity index (χ1v) is 7.68. The lowest BCUT2D eigenvalue weighted by Gasteiger charge is -2.20. The van der Waals surface area contributed by atoms with E-state index in [9.17, 15) is 10.1 Å². The lowest BCUT2D eigenvalue weighted by atomic mass is 10.0. The maximum Gasteiger partial charge on any atom is 0.249 e. The highest BCUT2D eigenvalue weighted by Gasteiger charge is 2.17. The topological polar surface area (TPSA) is 111 Å². The minimum atomic E-state index is -0.263. The summed E-state index contributed by atoms with van der Waals surface area (Å²) in [7, 11) is 1.71. The van der Waals surface area contributed by atoms with Gasteiger partial charge >= 0.3 is 0 Å². The molecule has 2 aromatic rings. The molecule has 1 aromatic carbocycles. The van der Waals surface area contributed by atoms with Crippen molar-refractivity contribution in [3.8, 4) is 17.2 Å². The molecule has 2 rings (SSSR count). The number of pyridine rings is 1. The van der Waals surface area contributed by atoms with Crippen molar-refractivity contribution in [2.24, 2.45) is 16.3 Å². The summed E-state index contributed by atoms with van der Waals surface area (Å²) in [5, 5.41) is 18.4. The maximum atomic E-state index is 12.0. The quantitative estimate of drug-likeness (QED) is 0.288. The Morgan fingerprint density at radius 1 is 1.39 bits per heavy atom. The van der Waals surface area contributed by atoms with Crippen molar-refractivity contribution in [1.82, 2.24) is 9.99 Å². The van der Waals surface area contributed by atoms with Gasteiger partial charge in [-0.15, -0.1) is 0 Å². The van der Waals surface area contributed by atoms with Gasteiger partial charge in [-0.2, -0.15) is 5.26 Å². The van der Waals surface area contributed by atoms with Crippen LogP contribution in [0.3, 0.4) is 0 Å². The minimum Gasteiger partial charge on any atom is -0.316 e. The van der Waals surface area contributed by atoms with Crippen molar-refractivity contribution in [1.29, 1.82) is 5.26 Å². The van der Waals surface area contributed by atoms with E-state index >= 15 is 0 Å². The van der Waals surface area contributed by atoms with Crippen molar-refractivity contribution in [3.63, 3.8) is 0 Å². The molecule has 0 aliphatic carbocycles. The third-order valence-electron chi connectivity index (χ3n) is 3.21. The van der Waals surface area contributed by atoms with E-state index in [0.29, 0.717) is 16.2 Å². The van der Waals surface area contributed by atoms with Crippen molar-refractivity contribution in [2.75, 3.05) is 7.05 Å². The first-order valence-electron chi connectivity index (χ1n) is 6.80. The molecule has 0 aliphatic rings. The molecule has 0 aliphatic heterocycles. The molecule has 0 saturated carbocycles. The summed E-state index contributed by atoms with van der Waals surface area (Å²) >= 11 is 1.30. The molecule has 0 saturated heterocycles. The van der Waals surface area contributed by atoms with Crippen LogP contribution >= 0.6 is 11.8 Å². The minimum absolute atomic E-state index is 0.170. The fraction of sp³-hybridized carbons (Fsp3) is 0.200. The summed E-state index contributed by atoms with van der Waals surface area (Å²) in [6.45, 7) is 1.87. The number of benzene rings is 1. The highest BCUT2D eigenvalue weighted by molar-refractivity contribution is 7.99. The van der Waals surface area contributed by atoms with Crippen LogP contribution < -0.4 is 11.4 Å². The Kier molecular flexibility index (Phi) is 5.38. The van der Waals surface area contributed by atoms with Gasteiger partial charge in [0.2, 0.25) is 5.56 Å². The Morgan fingerprint density at radius 3 is 2.70 bits per heavy atom. The van der Waals surface area contributed by atoms with Gasteiger partial charge in [0.1, 0.15) is 6.07 Å². The zero-order valence-corrected chi connectivity index (χ0v) is 13.5. The Bertz CT molecular complexity index is 796. The summed E-state index contributed by atoms with van der Waals surface area (Å²) in [6, 6.07) is 13.0. The Hall–Kier alpha value is -2.79. The molecule has 0 fully saturated rings. The molecule has 3 N–H and O–H groups in total. The number of thioether (sulfide) groups is 1. The average Bonchev–Trinajstić information content (AvgIpc) is 2.55. The van der Waals surface area contributed by atoms with Crippen LogP contribution in [0.15, 0.2) is 56.7 Å². The largest absolute Gasteiger partial charge is 0.316 e. The molecule has 0 radical (unpaired) electrons. The van der Waals surface area contributed by atoms with Gasteiger partial charge in [-0.25, -0.2) is 0 Å². The molecular weight excluding hydrogens is 312 g/mol. The fourth-order valence-corrected chi connectivity index (χ4v) is 2.95. The van der Waals surface area contributed by atoms with Crippen LogP contribution in [0.2, 0.25) is 0 Å². The zero-order valence-electron chi connectivity index (χ0n) is 12.7. The number of aromatic amines is 1. The van der Waals surface area contributed by atoms with E-state index in [1.54, 1.807) is 12.1 Å². The van der Waals surface area contributed by atoms with Gasteiger partial charge in [0.15, 0.2) is 0 Å². The maximum absolute atomic E-state index is 12.0. The molecule has 1 atom stereocenters. The molecule has 0 amide bonds. The second kappa shape index (κ2) is 7.47. The number of nitriles is 1. The van der Waals surface area contributed by atoms with Gasteiger partial charge in [0.05, 0.1) is 16.0 Å². The first kappa shape index (κ1) is 16.6. The number of hydrogen-bond acceptors (Lipinski definition) is 5. The third-order valence-corrected chi connectivity index (χ3v) is 4.40. The standard InChI is InChI=1S/C15H16N6OS/c1-10(21(2)20-19-17)23-15-13(9-16)12(8-14(22)18-15)11-6-4-3-5-7-11/h3-8,10H,1-2H3,(H2,17,20)(H,18,22). The summed E-state index contributed by atoms with van der Waals surface area (Å²) < 4.78 is 0. The second-order valence-electron chi connectivity index (χ2n) is 4.72. The molecular formula is C15H16N6OS. The Labute approximate surface area is 137 Å². The van der Waals surface area contributed by atoms with Crippen LogP contribution in [0, 0.1) is 11.3 Å². The number of H-pyrrole nitrogens is 1. The average molecular weight is 328 g/mol. The summed E-state index contributed by atoms with van der Waals surface area (Å²) in [6.07, 6.45) is 0. The lowest BCUT2D eigenvalue weighted by molar-refractivity contribution is 0.319. The van der Waals surface area contributed by atoms with Crippen LogP contribution in [-0.4, -0.2) is 22.4 Å². The Balaban J connectivity index is 2.47. The summed E-state index contributed by atoms with van der Waals surface area (Å²) in [5.41, 5.74) is 1.58. The first-order chi connectivity index (χ1) is 11.1. The van der Waals surface area contributed by atoms with E-state index < -0.39 is 0 Å². The lowest BCUT2D eigenvalue weighted by Crippen LogP contribution is -2.21. The van der Waals surface area contributed by atoms with E-state index in [4.69, 9.17) is 5.84 Å². The molecule has 1 aromatic heterocycles. The van der Waals surface area contributed by atoms with E-state index in [-0.39, 0.29) is 10.9 Å². The molecule has 1 unspecified atom stereocenters. The molecule has 118 valence electrons. The number of nitrogens with one attached hydrogen (secondary N) is 1. The van der Waals surface area contributed by atoms with Gasteiger partial charge in [-0.1, -0.05) is 52.5 Å². The van der Waals surface area contributed by atoms with Crippen molar-refractivity contribution in [2.45, 2.75) is 17.3 Å². The van der Waals surface area contributed by atoms with Gasteiger partial charge in [0, 0.05) is 18.7 Å². The highest BCUT2D eigenvalue weighted by Crippen LogP contribution is 2.31. The molecule has 0 bridgehead atoms. The predicted octanol–water partition coefficient (Wildman–Crippen LogP) is 2.52. The molecule has 8 heteroatoms. The zero-order chi connectivity index (χ0) is 16.8. The van der Waals surface area contributed by atoms with E-state index in [1.807, 2.05) is 37.3 Å². The SMILES string of the molecule is CC(Sc1[nH]c(=O)cc(-c2ccccc2)c1C#N)N(C)/N=N\N. The van der Waals surface area contributed by atoms with Gasteiger partial charge in [-0.05, 0) is 12.5 Å². The molecule has 1 heterocycles. The van der Waals surface area contributed by atoms with Crippen LogP contribution in [0.4, 0.5) is 0 Å². The molecule has 23 heavy (non-hydrogen) atoms. The van der Waals surface area contributed by atoms with Gasteiger partial charge in [-0.3, -0.25) is 9.80 Å². The normalized spacial score (nSPS) is 12.0. The predicted molar refractivity (Wildman–Crippen MR) is 89.3 cm³/mol. The second-order valence-corrected chi connectivity index (χ2v) is 6.05.